The van der Waals surface area contributed by atoms with Gasteiger partial charge in [0.1, 0.15) is 5.75 Å². The lowest BCUT2D eigenvalue weighted by Gasteiger charge is -2.55. The second-order valence-electron chi connectivity index (χ2n) is 8.34. The number of hydrogen-bond acceptors (Lipinski definition) is 4. The summed E-state index contributed by atoms with van der Waals surface area (Å²) in [6, 6.07) is 8.74. The average Bonchev–Trinajstić information content (AvgIpc) is 2.72. The maximum Gasteiger partial charge on any atom is 0.255 e. The summed E-state index contributed by atoms with van der Waals surface area (Å²) < 4.78 is 5.77. The second kappa shape index (κ2) is 8.61. The maximum atomic E-state index is 12.9. The summed E-state index contributed by atoms with van der Waals surface area (Å²) in [6.45, 7) is 6.88. The molecule has 2 N–H and O–H groups in total. The largest absolute Gasteiger partial charge is 0.493 e. The number of benzene rings is 1. The van der Waals surface area contributed by atoms with E-state index in [1.165, 1.54) is 38.8 Å². The molecule has 148 valence electrons. The molecule has 0 spiro atoms. The predicted octanol–water partition coefficient (Wildman–Crippen LogP) is 2.67. The average molecular weight is 372 g/mol. The molecule has 0 aromatic heterocycles. The van der Waals surface area contributed by atoms with E-state index in [2.05, 4.69) is 22.5 Å². The fourth-order valence-electron chi connectivity index (χ4n) is 5.33. The summed E-state index contributed by atoms with van der Waals surface area (Å²) in [5.41, 5.74) is 0.650. The molecular formula is C22H33N3O2. The summed E-state index contributed by atoms with van der Waals surface area (Å²) in [4.78, 5) is 15.6. The molecule has 5 nitrogen and oxygen atoms in total. The number of ether oxygens (including phenoxy) is 1. The fourth-order valence-corrected chi connectivity index (χ4v) is 5.33. The van der Waals surface area contributed by atoms with Gasteiger partial charge in [-0.2, -0.15) is 0 Å². The van der Waals surface area contributed by atoms with Crippen molar-refractivity contribution in [3.05, 3.63) is 29.8 Å². The first-order valence-electron chi connectivity index (χ1n) is 10.7. The van der Waals surface area contributed by atoms with E-state index >= 15 is 0 Å². The fraction of sp³-hybridized carbons (Fsp3) is 0.682. The number of piperidine rings is 3. The molecule has 1 aromatic carbocycles. The molecule has 1 amide bonds. The zero-order valence-corrected chi connectivity index (χ0v) is 16.5. The highest BCUT2D eigenvalue weighted by atomic mass is 16.5. The van der Waals surface area contributed by atoms with Crippen LogP contribution in [0.2, 0.25) is 0 Å². The first kappa shape index (κ1) is 18.8. The minimum atomic E-state index is -0.0128. The predicted molar refractivity (Wildman–Crippen MR) is 107 cm³/mol. The highest BCUT2D eigenvalue weighted by molar-refractivity contribution is 5.96. The Morgan fingerprint density at radius 1 is 1.26 bits per heavy atom. The van der Waals surface area contributed by atoms with E-state index < -0.39 is 0 Å². The third-order valence-corrected chi connectivity index (χ3v) is 6.59. The highest BCUT2D eigenvalue weighted by Crippen LogP contribution is 2.38. The molecule has 2 bridgehead atoms. The van der Waals surface area contributed by atoms with Gasteiger partial charge in [0.2, 0.25) is 0 Å². The Morgan fingerprint density at radius 2 is 2.11 bits per heavy atom. The quantitative estimate of drug-likeness (QED) is 0.807. The molecule has 3 aliphatic rings. The zero-order chi connectivity index (χ0) is 18.6. The van der Waals surface area contributed by atoms with E-state index in [0.29, 0.717) is 35.9 Å². The molecule has 0 radical (unpaired) electrons. The Labute approximate surface area is 162 Å². The number of carbonyl (C=O) groups is 1. The first-order chi connectivity index (χ1) is 13.3. The molecule has 27 heavy (non-hydrogen) atoms. The van der Waals surface area contributed by atoms with Crippen molar-refractivity contribution in [1.82, 2.24) is 15.5 Å². The van der Waals surface area contributed by atoms with Crippen LogP contribution >= 0.6 is 0 Å². The van der Waals surface area contributed by atoms with E-state index in [-0.39, 0.29) is 5.91 Å². The van der Waals surface area contributed by atoms with E-state index in [0.717, 1.165) is 25.4 Å². The minimum Gasteiger partial charge on any atom is -0.493 e. The second-order valence-corrected chi connectivity index (χ2v) is 8.34. The van der Waals surface area contributed by atoms with Crippen LogP contribution in [0, 0.1) is 11.8 Å². The summed E-state index contributed by atoms with van der Waals surface area (Å²) in [6.07, 6.45) is 6.21. The maximum absolute atomic E-state index is 12.9. The standard InChI is InChI=1S/C22H33N3O2/c1-2-11-27-21-9-4-3-7-18(21)22(26)24-15-20-17-12-16(13-23-14-17)19-8-5-6-10-25(19)20/h3-4,7,9,16-17,19-20,23H,2,5-6,8,10-15H2,1H3,(H,24,26)/t16-,17+,19+,20+/m1/s1. The number of rotatable bonds is 6. The monoisotopic (exact) mass is 371 g/mol. The molecule has 0 saturated carbocycles. The molecule has 0 aliphatic carbocycles. The van der Waals surface area contributed by atoms with Gasteiger partial charge in [0.05, 0.1) is 12.2 Å². The van der Waals surface area contributed by atoms with Crippen LogP contribution in [0.4, 0.5) is 0 Å². The van der Waals surface area contributed by atoms with Gasteiger partial charge in [-0.3, -0.25) is 9.69 Å². The number of nitrogens with zero attached hydrogens (tertiary/aromatic N) is 1. The Hall–Kier alpha value is -1.59. The number of fused-ring (bicyclic) bond motifs is 4. The van der Waals surface area contributed by atoms with Gasteiger partial charge in [-0.15, -0.1) is 0 Å². The van der Waals surface area contributed by atoms with E-state index in [1.807, 2.05) is 24.3 Å². The van der Waals surface area contributed by atoms with Crippen molar-refractivity contribution in [3.8, 4) is 5.75 Å². The Morgan fingerprint density at radius 3 is 3.00 bits per heavy atom. The van der Waals surface area contributed by atoms with Crippen molar-refractivity contribution in [2.45, 2.75) is 51.1 Å². The Kier molecular flexibility index (Phi) is 5.98. The number of hydrogen-bond donors (Lipinski definition) is 2. The third kappa shape index (κ3) is 3.99. The van der Waals surface area contributed by atoms with Gasteiger partial charge in [0.25, 0.3) is 5.91 Å². The lowest BCUT2D eigenvalue weighted by molar-refractivity contribution is -0.0371. The van der Waals surface area contributed by atoms with Gasteiger partial charge in [-0.25, -0.2) is 0 Å². The van der Waals surface area contributed by atoms with Crippen LogP contribution in [0.25, 0.3) is 0 Å². The number of para-hydroxylation sites is 1. The summed E-state index contributed by atoms with van der Waals surface area (Å²) >= 11 is 0. The van der Waals surface area contributed by atoms with Crippen LogP contribution in [0.5, 0.6) is 5.75 Å². The summed E-state index contributed by atoms with van der Waals surface area (Å²) in [5, 5.41) is 6.88. The molecule has 3 saturated heterocycles. The van der Waals surface area contributed by atoms with E-state index in [4.69, 9.17) is 4.74 Å². The normalized spacial score (nSPS) is 30.4. The third-order valence-electron chi connectivity index (χ3n) is 6.59. The van der Waals surface area contributed by atoms with Crippen molar-refractivity contribution in [1.29, 1.82) is 0 Å². The van der Waals surface area contributed by atoms with Crippen LogP contribution in [-0.2, 0) is 0 Å². The van der Waals surface area contributed by atoms with Crippen molar-refractivity contribution in [3.63, 3.8) is 0 Å². The van der Waals surface area contributed by atoms with Gasteiger partial charge in [-0.1, -0.05) is 25.5 Å². The van der Waals surface area contributed by atoms with Gasteiger partial charge >= 0.3 is 0 Å². The highest BCUT2D eigenvalue weighted by Gasteiger charge is 2.45. The number of amides is 1. The molecular weight excluding hydrogens is 338 g/mol. The first-order valence-corrected chi connectivity index (χ1v) is 10.7. The molecule has 1 aromatic rings. The van der Waals surface area contributed by atoms with Crippen molar-refractivity contribution in [2.24, 2.45) is 11.8 Å². The molecule has 0 unspecified atom stereocenters. The smallest absolute Gasteiger partial charge is 0.255 e. The van der Waals surface area contributed by atoms with Crippen molar-refractivity contribution >= 4 is 5.91 Å². The van der Waals surface area contributed by atoms with E-state index in [1.54, 1.807) is 0 Å². The van der Waals surface area contributed by atoms with Crippen LogP contribution < -0.4 is 15.4 Å². The van der Waals surface area contributed by atoms with Crippen LogP contribution in [-0.4, -0.2) is 55.7 Å². The summed E-state index contributed by atoms with van der Waals surface area (Å²) in [5.74, 6) is 2.11. The Balaban J connectivity index is 1.43. The summed E-state index contributed by atoms with van der Waals surface area (Å²) in [7, 11) is 0. The van der Waals surface area contributed by atoms with Crippen molar-refractivity contribution < 1.29 is 9.53 Å². The van der Waals surface area contributed by atoms with Crippen LogP contribution in [0.15, 0.2) is 24.3 Å². The topological polar surface area (TPSA) is 53.6 Å². The van der Waals surface area contributed by atoms with E-state index in [9.17, 15) is 4.79 Å². The van der Waals surface area contributed by atoms with Crippen molar-refractivity contribution in [2.75, 3.05) is 32.8 Å². The Bertz CT molecular complexity index is 650. The molecule has 3 aliphatic heterocycles. The van der Waals surface area contributed by atoms with Crippen LogP contribution in [0.3, 0.4) is 0 Å². The minimum absolute atomic E-state index is 0.0128. The lowest BCUT2D eigenvalue weighted by Crippen LogP contribution is -2.65. The molecule has 4 rings (SSSR count). The van der Waals surface area contributed by atoms with Crippen LogP contribution in [0.1, 0.15) is 49.4 Å². The van der Waals surface area contributed by atoms with Gasteiger partial charge in [0, 0.05) is 18.6 Å². The molecule has 5 heteroatoms. The van der Waals surface area contributed by atoms with Gasteiger partial charge < -0.3 is 15.4 Å². The molecule has 3 heterocycles. The van der Waals surface area contributed by atoms with Gasteiger partial charge in [0.15, 0.2) is 0 Å². The number of carbonyl (C=O) groups excluding carboxylic acids is 1. The lowest BCUT2D eigenvalue weighted by atomic mass is 9.73. The SMILES string of the molecule is CCCOc1ccccc1C(=O)NC[C@H]1[C@@H]2CNC[C@@H](C2)[C@@H]2CCCCN21. The molecule has 3 fully saturated rings. The molecule has 4 atom stereocenters. The zero-order valence-electron chi connectivity index (χ0n) is 16.5. The van der Waals surface area contributed by atoms with Gasteiger partial charge in [-0.05, 0) is 69.3 Å². The number of nitrogens with one attached hydrogen (secondary N) is 2.